The van der Waals surface area contributed by atoms with Gasteiger partial charge in [-0.1, -0.05) is 0 Å². The number of ether oxygens (including phenoxy) is 1. The van der Waals surface area contributed by atoms with Gasteiger partial charge in [-0.05, 0) is 0 Å². The van der Waals surface area contributed by atoms with Gasteiger partial charge in [-0.25, -0.2) is 0 Å². The van der Waals surface area contributed by atoms with Gasteiger partial charge in [-0.15, -0.1) is 0 Å². The van der Waals surface area contributed by atoms with Gasteiger partial charge in [0, 0.05) is 0 Å². The van der Waals surface area contributed by atoms with E-state index in [0.29, 0.717) is 26.8 Å². The van der Waals surface area contributed by atoms with Crippen molar-refractivity contribution in [3.63, 3.8) is 0 Å². The molecule has 0 saturated carbocycles. The third-order valence-corrected chi connectivity index (χ3v) is 5.76. The minimum atomic E-state index is -0.0497. The zero-order valence-corrected chi connectivity index (χ0v) is 13.4. The molecule has 1 nitrogen and oxygen atoms in total. The molecule has 0 atom stereocenters. The number of benzene rings is 1. The van der Waals surface area contributed by atoms with Gasteiger partial charge in [0.05, 0.1) is 0 Å². The van der Waals surface area contributed by atoms with Gasteiger partial charge in [0.2, 0.25) is 0 Å². The molecular formula is C16H22OSe. The fraction of sp³-hybridized carbons (Fsp3) is 0.500. The molecule has 2 rings (SSSR count). The van der Waals surface area contributed by atoms with Crippen LogP contribution in [-0.2, 0) is 4.74 Å². The zero-order chi connectivity index (χ0) is 13.2. The third-order valence-electron chi connectivity index (χ3n) is 3.65. The van der Waals surface area contributed by atoms with Crippen LogP contribution in [-0.4, -0.2) is 27.2 Å². The molecule has 0 radical (unpaired) electrons. The molecule has 1 aromatic carbocycles. The molecular weight excluding hydrogens is 287 g/mol. The molecule has 2 heteroatoms. The average Bonchev–Trinajstić information content (AvgIpc) is 2.76. The van der Waals surface area contributed by atoms with E-state index in [2.05, 4.69) is 64.1 Å². The maximum absolute atomic E-state index is 6.17. The maximum atomic E-state index is 6.17. The summed E-state index contributed by atoms with van der Waals surface area (Å²) in [5, 5.41) is 0. The van der Waals surface area contributed by atoms with Crippen LogP contribution in [0.5, 0.6) is 0 Å². The summed E-state index contributed by atoms with van der Waals surface area (Å²) in [6.07, 6.45) is 2.41. The Morgan fingerprint density at radius 2 is 1.67 bits per heavy atom. The van der Waals surface area contributed by atoms with Crippen LogP contribution < -0.4 is 4.46 Å². The second-order valence-corrected chi connectivity index (χ2v) is 7.99. The molecule has 0 N–H and O–H groups in total. The van der Waals surface area contributed by atoms with Gasteiger partial charge in [-0.3, -0.25) is 0 Å². The Hall–Kier alpha value is -0.561. The van der Waals surface area contributed by atoms with Gasteiger partial charge in [0.1, 0.15) is 0 Å². The van der Waals surface area contributed by atoms with Crippen molar-refractivity contribution in [1.82, 2.24) is 0 Å². The first kappa shape index (κ1) is 13.9. The van der Waals surface area contributed by atoms with E-state index in [-0.39, 0.29) is 5.60 Å². The normalized spacial score (nSPS) is 18.4. The summed E-state index contributed by atoms with van der Waals surface area (Å²) < 4.78 is 9.09. The SMILES string of the molecule is CC(C)C1(C(C)C)C=C([Se]c2ccccc2)CO1. The average molecular weight is 309 g/mol. The first-order chi connectivity index (χ1) is 8.54. The molecule has 98 valence electrons. The Balaban J connectivity index is 2.17. The van der Waals surface area contributed by atoms with Crippen LogP contribution >= 0.6 is 0 Å². The van der Waals surface area contributed by atoms with Crippen LogP contribution in [0, 0.1) is 11.8 Å². The summed E-state index contributed by atoms with van der Waals surface area (Å²) in [7, 11) is 0. The van der Waals surface area contributed by atoms with Gasteiger partial charge >= 0.3 is 117 Å². The van der Waals surface area contributed by atoms with Crippen molar-refractivity contribution in [2.24, 2.45) is 11.8 Å². The summed E-state index contributed by atoms with van der Waals surface area (Å²) in [4.78, 5) is 0. The fourth-order valence-corrected chi connectivity index (χ4v) is 4.57. The third kappa shape index (κ3) is 2.71. The summed E-state index contributed by atoms with van der Waals surface area (Å²) in [5.41, 5.74) is -0.0497. The van der Waals surface area contributed by atoms with Crippen LogP contribution in [0.3, 0.4) is 0 Å². The van der Waals surface area contributed by atoms with Crippen molar-refractivity contribution in [3.8, 4) is 0 Å². The number of rotatable bonds is 4. The Kier molecular flexibility index (Phi) is 4.32. The monoisotopic (exact) mass is 310 g/mol. The van der Waals surface area contributed by atoms with Gasteiger partial charge in [0.15, 0.2) is 0 Å². The second-order valence-electron chi connectivity index (χ2n) is 5.48. The van der Waals surface area contributed by atoms with Gasteiger partial charge < -0.3 is 0 Å². The summed E-state index contributed by atoms with van der Waals surface area (Å²) >= 11 is 0.410. The molecule has 0 fully saturated rings. The van der Waals surface area contributed by atoms with Crippen molar-refractivity contribution in [3.05, 3.63) is 40.9 Å². The van der Waals surface area contributed by atoms with Crippen LogP contribution in [0.4, 0.5) is 0 Å². The first-order valence-corrected chi connectivity index (χ1v) is 8.34. The Labute approximate surface area is 117 Å². The van der Waals surface area contributed by atoms with Crippen molar-refractivity contribution >= 4 is 19.4 Å². The Morgan fingerprint density at radius 1 is 1.06 bits per heavy atom. The van der Waals surface area contributed by atoms with Crippen molar-refractivity contribution in [1.29, 1.82) is 0 Å². The van der Waals surface area contributed by atoms with E-state index < -0.39 is 0 Å². The number of hydrogen-bond donors (Lipinski definition) is 0. The van der Waals surface area contributed by atoms with Crippen LogP contribution in [0.1, 0.15) is 27.7 Å². The first-order valence-electron chi connectivity index (χ1n) is 6.63. The van der Waals surface area contributed by atoms with E-state index in [1.807, 2.05) is 0 Å². The quantitative estimate of drug-likeness (QED) is 0.777. The summed E-state index contributed by atoms with van der Waals surface area (Å²) in [5.74, 6) is 1.06. The molecule has 0 aliphatic carbocycles. The predicted molar refractivity (Wildman–Crippen MR) is 78.3 cm³/mol. The fourth-order valence-electron chi connectivity index (χ4n) is 2.56. The molecule has 1 heterocycles. The molecule has 0 amide bonds. The van der Waals surface area contributed by atoms with Crippen molar-refractivity contribution in [2.45, 2.75) is 33.3 Å². The van der Waals surface area contributed by atoms with Gasteiger partial charge in [-0.2, -0.15) is 0 Å². The van der Waals surface area contributed by atoms with E-state index in [9.17, 15) is 0 Å². The summed E-state index contributed by atoms with van der Waals surface area (Å²) in [6.45, 7) is 9.85. The van der Waals surface area contributed by atoms with E-state index in [0.717, 1.165) is 6.61 Å². The van der Waals surface area contributed by atoms with Crippen LogP contribution in [0.2, 0.25) is 0 Å². The molecule has 0 spiro atoms. The van der Waals surface area contributed by atoms with E-state index in [1.54, 1.807) is 0 Å². The molecule has 0 saturated heterocycles. The Bertz CT molecular complexity index is 412. The standard InChI is InChI=1S/C16H22OSe/c1-12(2)16(13(3)4)10-15(11-17-16)18-14-8-6-5-7-9-14/h5-10,12-13H,11H2,1-4H3. The second kappa shape index (κ2) is 5.61. The van der Waals surface area contributed by atoms with E-state index in [1.165, 1.54) is 8.93 Å². The Morgan fingerprint density at radius 3 is 2.17 bits per heavy atom. The van der Waals surface area contributed by atoms with Crippen molar-refractivity contribution < 1.29 is 4.74 Å². The summed E-state index contributed by atoms with van der Waals surface area (Å²) in [6, 6.07) is 10.7. The van der Waals surface area contributed by atoms with Gasteiger partial charge in [0.25, 0.3) is 0 Å². The van der Waals surface area contributed by atoms with Crippen LogP contribution in [0.15, 0.2) is 40.9 Å². The molecule has 0 bridgehead atoms. The molecule has 1 aliphatic rings. The molecule has 0 aromatic heterocycles. The van der Waals surface area contributed by atoms with Crippen LogP contribution in [0.25, 0.3) is 0 Å². The van der Waals surface area contributed by atoms with E-state index >= 15 is 0 Å². The molecule has 1 aromatic rings. The molecule has 18 heavy (non-hydrogen) atoms. The predicted octanol–water partition coefficient (Wildman–Crippen LogP) is 2.98. The molecule has 0 unspecified atom stereocenters. The topological polar surface area (TPSA) is 9.23 Å². The van der Waals surface area contributed by atoms with E-state index in [4.69, 9.17) is 4.74 Å². The molecule has 1 aliphatic heterocycles. The minimum absolute atomic E-state index is 0.0497. The zero-order valence-electron chi connectivity index (χ0n) is 11.6. The van der Waals surface area contributed by atoms with Crippen molar-refractivity contribution in [2.75, 3.05) is 6.61 Å². The number of hydrogen-bond acceptors (Lipinski definition) is 1.